The molecule has 31 heavy (non-hydrogen) atoms. The molecule has 0 atom stereocenters. The van der Waals surface area contributed by atoms with Crippen LogP contribution in [0.5, 0.6) is 5.75 Å². The van der Waals surface area contributed by atoms with E-state index in [0.29, 0.717) is 0 Å². The average molecular weight is 433 g/mol. The molecule has 0 spiro atoms. The van der Waals surface area contributed by atoms with Gasteiger partial charge < -0.3 is 14.6 Å². The van der Waals surface area contributed by atoms with Crippen LogP contribution in [0, 0.1) is 0 Å². The number of carboxylic acids is 1. The molecule has 5 heteroatoms. The molecule has 0 saturated heterocycles. The number of hydrogen-bond acceptors (Lipinski definition) is 4. The van der Waals surface area contributed by atoms with Crippen molar-refractivity contribution in [2.75, 3.05) is 20.0 Å². The number of hydrogen-bond donors (Lipinski definition) is 1. The average Bonchev–Trinajstić information content (AvgIpc) is 2.82. The molecule has 0 bridgehead atoms. The van der Waals surface area contributed by atoms with Gasteiger partial charge in [0.1, 0.15) is 5.75 Å². The molecular weight excluding hydrogens is 408 g/mol. The summed E-state index contributed by atoms with van der Waals surface area (Å²) in [6.07, 6.45) is 8.86. The van der Waals surface area contributed by atoms with Crippen molar-refractivity contribution in [1.29, 1.82) is 0 Å². The molecule has 2 aliphatic rings. The number of carboxylic acid groups (broad SMARTS) is 1. The van der Waals surface area contributed by atoms with Gasteiger partial charge in [-0.3, -0.25) is 0 Å². The maximum absolute atomic E-state index is 10.8. The van der Waals surface area contributed by atoms with Crippen molar-refractivity contribution in [2.24, 2.45) is 0 Å². The van der Waals surface area contributed by atoms with Crippen molar-refractivity contribution in [3.8, 4) is 5.75 Å². The van der Waals surface area contributed by atoms with Gasteiger partial charge in [-0.25, -0.2) is 4.79 Å². The van der Waals surface area contributed by atoms with Crippen LogP contribution in [0.15, 0.2) is 82.5 Å². The van der Waals surface area contributed by atoms with Crippen LogP contribution in [0.2, 0.25) is 0 Å². The van der Waals surface area contributed by atoms with Crippen molar-refractivity contribution in [2.45, 2.75) is 17.7 Å². The summed E-state index contributed by atoms with van der Waals surface area (Å²) in [4.78, 5) is 12.0. The lowest BCUT2D eigenvalue weighted by Crippen LogP contribution is -2.08. The zero-order valence-corrected chi connectivity index (χ0v) is 18.4. The molecular formula is C26H24O4S. The molecule has 2 aromatic carbocycles. The van der Waals surface area contributed by atoms with Gasteiger partial charge in [0.25, 0.3) is 0 Å². The van der Waals surface area contributed by atoms with Crippen LogP contribution < -0.4 is 4.74 Å². The highest BCUT2D eigenvalue weighted by Gasteiger charge is 2.24. The van der Waals surface area contributed by atoms with Crippen LogP contribution in [0.25, 0.3) is 11.6 Å². The second kappa shape index (κ2) is 9.31. The smallest absolute Gasteiger partial charge is 0.328 e. The van der Waals surface area contributed by atoms with Crippen LogP contribution in [-0.4, -0.2) is 31.0 Å². The fourth-order valence-electron chi connectivity index (χ4n) is 3.89. The number of rotatable bonds is 6. The number of fused-ring (bicyclic) bond motifs is 1. The maximum Gasteiger partial charge on any atom is 0.328 e. The predicted molar refractivity (Wildman–Crippen MR) is 125 cm³/mol. The molecule has 1 N–H and O–H groups in total. The minimum atomic E-state index is -0.950. The minimum Gasteiger partial charge on any atom is -0.501 e. The van der Waals surface area contributed by atoms with E-state index in [0.717, 1.165) is 47.3 Å². The van der Waals surface area contributed by atoms with Gasteiger partial charge in [-0.1, -0.05) is 30.3 Å². The van der Waals surface area contributed by atoms with Crippen LogP contribution >= 0.6 is 11.8 Å². The summed E-state index contributed by atoms with van der Waals surface area (Å²) < 4.78 is 10.8. The number of aliphatic carboxylic acids is 1. The first-order valence-corrected chi connectivity index (χ1v) is 11.1. The number of benzene rings is 2. The van der Waals surface area contributed by atoms with Gasteiger partial charge in [0, 0.05) is 23.1 Å². The third-order valence-corrected chi connectivity index (χ3v) is 6.59. The van der Waals surface area contributed by atoms with Crippen molar-refractivity contribution in [3.63, 3.8) is 0 Å². The van der Waals surface area contributed by atoms with E-state index in [9.17, 15) is 4.79 Å². The van der Waals surface area contributed by atoms with E-state index in [1.807, 2.05) is 30.0 Å². The summed E-state index contributed by atoms with van der Waals surface area (Å²) in [5.41, 5.74) is 7.08. The van der Waals surface area contributed by atoms with Crippen molar-refractivity contribution in [3.05, 3.63) is 94.3 Å². The Morgan fingerprint density at radius 1 is 1.03 bits per heavy atom. The van der Waals surface area contributed by atoms with E-state index in [4.69, 9.17) is 14.6 Å². The molecule has 1 aliphatic carbocycles. The van der Waals surface area contributed by atoms with Gasteiger partial charge >= 0.3 is 5.97 Å². The van der Waals surface area contributed by atoms with Crippen molar-refractivity contribution < 1.29 is 19.4 Å². The van der Waals surface area contributed by atoms with E-state index >= 15 is 0 Å². The fraction of sp³-hybridized carbons (Fsp3) is 0.192. The van der Waals surface area contributed by atoms with E-state index in [1.54, 1.807) is 20.3 Å². The topological polar surface area (TPSA) is 55.8 Å². The Hall–Kier alpha value is -3.18. The molecule has 0 radical (unpaired) electrons. The second-order valence-electron chi connectivity index (χ2n) is 7.33. The molecule has 2 aromatic rings. The van der Waals surface area contributed by atoms with Crippen LogP contribution in [0.1, 0.15) is 29.5 Å². The first-order valence-electron chi connectivity index (χ1n) is 10.1. The summed E-state index contributed by atoms with van der Waals surface area (Å²) in [5.74, 6) is 1.80. The third kappa shape index (κ3) is 4.62. The number of thioether (sulfide) groups is 1. The maximum atomic E-state index is 10.8. The monoisotopic (exact) mass is 432 g/mol. The van der Waals surface area contributed by atoms with Gasteiger partial charge in [-0.2, -0.15) is 0 Å². The summed E-state index contributed by atoms with van der Waals surface area (Å²) in [5, 5.41) is 8.87. The van der Waals surface area contributed by atoms with Gasteiger partial charge in [-0.05, 0) is 70.2 Å². The predicted octanol–water partition coefficient (Wildman–Crippen LogP) is 5.95. The quantitative estimate of drug-likeness (QED) is 0.572. The number of ether oxygens (including phenoxy) is 2. The Morgan fingerprint density at radius 2 is 1.84 bits per heavy atom. The SMILES string of the molecule is COC1=CC=C(C2=C(c3ccc(/C=C/C(=O)O)cc3)c3ccc(OC)cc3SC2)CC1. The molecule has 158 valence electrons. The highest BCUT2D eigenvalue weighted by atomic mass is 32.2. The van der Waals surface area contributed by atoms with Gasteiger partial charge in [0.05, 0.1) is 20.0 Å². The van der Waals surface area contributed by atoms with Crippen LogP contribution in [0.4, 0.5) is 0 Å². The van der Waals surface area contributed by atoms with Crippen molar-refractivity contribution in [1.82, 2.24) is 0 Å². The largest absolute Gasteiger partial charge is 0.501 e. The number of allylic oxidation sites excluding steroid dienone is 4. The molecule has 1 heterocycles. The second-order valence-corrected chi connectivity index (χ2v) is 8.34. The van der Waals surface area contributed by atoms with Gasteiger partial charge in [0.15, 0.2) is 0 Å². The zero-order valence-electron chi connectivity index (χ0n) is 17.6. The highest BCUT2D eigenvalue weighted by molar-refractivity contribution is 7.99. The Morgan fingerprint density at radius 3 is 2.48 bits per heavy atom. The highest BCUT2D eigenvalue weighted by Crippen LogP contribution is 2.45. The summed E-state index contributed by atoms with van der Waals surface area (Å²) in [6.45, 7) is 0. The molecule has 4 rings (SSSR count). The van der Waals surface area contributed by atoms with Crippen molar-refractivity contribution >= 4 is 29.4 Å². The summed E-state index contributed by atoms with van der Waals surface area (Å²) in [6, 6.07) is 14.3. The molecule has 1 aliphatic heterocycles. The molecule has 0 unspecified atom stereocenters. The van der Waals surface area contributed by atoms with E-state index in [1.165, 1.54) is 27.2 Å². The summed E-state index contributed by atoms with van der Waals surface area (Å²) >= 11 is 1.83. The Labute approximate surface area is 186 Å². The van der Waals surface area contributed by atoms with E-state index in [-0.39, 0.29) is 0 Å². The lowest BCUT2D eigenvalue weighted by molar-refractivity contribution is -0.131. The summed E-state index contributed by atoms with van der Waals surface area (Å²) in [7, 11) is 3.41. The normalized spacial score (nSPS) is 15.9. The minimum absolute atomic E-state index is 0.854. The van der Waals surface area contributed by atoms with E-state index < -0.39 is 5.97 Å². The van der Waals surface area contributed by atoms with Crippen LogP contribution in [-0.2, 0) is 9.53 Å². The standard InChI is InChI=1S/C26H24O4S/c1-29-20-10-8-18(9-11-20)23-16-31-24-15-21(30-2)12-13-22(24)26(23)19-6-3-17(4-7-19)5-14-25(27)28/h3-8,10,12-15H,9,11,16H2,1-2H3,(H,27,28)/b14-5+. The molecule has 0 fully saturated rings. The zero-order chi connectivity index (χ0) is 21.8. The van der Waals surface area contributed by atoms with Crippen LogP contribution in [0.3, 0.4) is 0 Å². The molecule has 4 nitrogen and oxygen atoms in total. The number of carbonyl (C=O) groups is 1. The first kappa shape index (κ1) is 21.1. The molecule has 0 saturated carbocycles. The van der Waals surface area contributed by atoms with E-state index in [2.05, 4.69) is 36.4 Å². The fourth-order valence-corrected chi connectivity index (χ4v) is 5.05. The Bertz CT molecular complexity index is 1120. The number of methoxy groups -OCH3 is 2. The Kier molecular flexibility index (Phi) is 6.33. The van der Waals surface area contributed by atoms with Gasteiger partial charge in [0.2, 0.25) is 0 Å². The third-order valence-electron chi connectivity index (χ3n) is 5.51. The Balaban J connectivity index is 1.82. The van der Waals surface area contributed by atoms with Gasteiger partial charge in [-0.15, -0.1) is 11.8 Å². The first-order chi connectivity index (χ1) is 15.1. The lowest BCUT2D eigenvalue weighted by Gasteiger charge is -2.27. The molecule has 0 amide bonds. The molecule has 0 aromatic heterocycles. The lowest BCUT2D eigenvalue weighted by atomic mass is 9.86.